The monoisotopic (exact) mass is 344 g/mol. The largest absolute Gasteiger partial charge is 0.492 e. The summed E-state index contributed by atoms with van der Waals surface area (Å²) < 4.78 is 32.6. The topological polar surface area (TPSA) is 91.3 Å². The third-order valence-electron chi connectivity index (χ3n) is 3.71. The number of hydrogen-bond donors (Lipinski definition) is 3. The zero-order valence-electron chi connectivity index (χ0n) is 13.7. The number of nitrogens with zero attached hydrogens (tertiary/aromatic N) is 1. The first-order valence-corrected chi connectivity index (χ1v) is 9.19. The number of methoxy groups -OCH3 is 2. The lowest BCUT2D eigenvalue weighted by atomic mass is 10.1. The Bertz CT molecular complexity index is 579. The maximum atomic E-state index is 11.9. The Morgan fingerprint density at radius 1 is 1.35 bits per heavy atom. The molecule has 0 radical (unpaired) electrons. The van der Waals surface area contributed by atoms with Crippen LogP contribution in [0.1, 0.15) is 30.1 Å². The normalized spacial score (nSPS) is 18.2. The van der Waals surface area contributed by atoms with Crippen molar-refractivity contribution in [1.82, 2.24) is 0 Å². The molecule has 0 atom stereocenters. The highest BCUT2D eigenvalue weighted by molar-refractivity contribution is 8.25. The third-order valence-corrected chi connectivity index (χ3v) is 5.63. The number of anilines is 2. The van der Waals surface area contributed by atoms with Crippen molar-refractivity contribution in [2.45, 2.75) is 19.8 Å². The summed E-state index contributed by atoms with van der Waals surface area (Å²) in [7, 11) is -0.0824. The highest BCUT2D eigenvalue weighted by Crippen LogP contribution is 2.53. The van der Waals surface area contributed by atoms with Crippen LogP contribution in [0.5, 0.6) is 5.75 Å². The van der Waals surface area contributed by atoms with Gasteiger partial charge < -0.3 is 14.8 Å². The molecule has 0 amide bonds. The van der Waals surface area contributed by atoms with E-state index in [-0.39, 0.29) is 0 Å². The van der Waals surface area contributed by atoms with Crippen molar-refractivity contribution >= 4 is 28.1 Å². The van der Waals surface area contributed by atoms with Gasteiger partial charge >= 0.3 is 5.97 Å². The minimum Gasteiger partial charge on any atom is -0.492 e. The number of esters is 1. The van der Waals surface area contributed by atoms with Crippen LogP contribution in [0.4, 0.5) is 11.4 Å². The van der Waals surface area contributed by atoms with Gasteiger partial charge in [0.05, 0.1) is 31.2 Å². The number of carbonyl (C=O) groups is 1. The van der Waals surface area contributed by atoms with Crippen molar-refractivity contribution in [3.8, 4) is 5.75 Å². The van der Waals surface area contributed by atoms with Crippen molar-refractivity contribution in [3.63, 3.8) is 0 Å². The predicted molar refractivity (Wildman–Crippen MR) is 92.8 cm³/mol. The van der Waals surface area contributed by atoms with Gasteiger partial charge in [0.15, 0.2) is 5.75 Å². The molecule has 1 aliphatic heterocycles. The second-order valence-electron chi connectivity index (χ2n) is 5.24. The number of ether oxygens (including phenoxy) is 2. The molecule has 1 heterocycles. The van der Waals surface area contributed by atoms with E-state index in [0.717, 1.165) is 12.8 Å². The van der Waals surface area contributed by atoms with Crippen molar-refractivity contribution < 1.29 is 23.4 Å². The van der Waals surface area contributed by atoms with Crippen LogP contribution in [0, 0.1) is 0 Å². The summed E-state index contributed by atoms with van der Waals surface area (Å²) in [6, 6.07) is 3.23. The van der Waals surface area contributed by atoms with E-state index in [9.17, 15) is 13.9 Å². The van der Waals surface area contributed by atoms with E-state index in [1.807, 2.05) is 6.92 Å². The highest BCUT2D eigenvalue weighted by atomic mass is 32.3. The summed E-state index contributed by atoms with van der Waals surface area (Å²) in [4.78, 5) is 11.9. The summed E-state index contributed by atoms with van der Waals surface area (Å²) in [6.45, 7) is 3.06. The van der Waals surface area contributed by atoms with Crippen LogP contribution in [0.25, 0.3) is 0 Å². The molecule has 1 aliphatic rings. The third kappa shape index (κ3) is 3.65. The van der Waals surface area contributed by atoms with Gasteiger partial charge in [0.1, 0.15) is 5.69 Å². The molecule has 0 unspecified atom stereocenters. The Balaban J connectivity index is 2.58. The number of hydrogen-bond acceptors (Lipinski definition) is 7. The maximum Gasteiger partial charge on any atom is 0.338 e. The van der Waals surface area contributed by atoms with Crippen LogP contribution < -0.4 is 14.4 Å². The lowest BCUT2D eigenvalue weighted by Crippen LogP contribution is -2.34. The summed E-state index contributed by atoms with van der Waals surface area (Å²) in [5.41, 5.74) is 1.44. The summed E-state index contributed by atoms with van der Waals surface area (Å²) in [5, 5.41) is 3.14. The molecule has 1 fully saturated rings. The van der Waals surface area contributed by atoms with Gasteiger partial charge in [-0.2, -0.15) is 0 Å². The van der Waals surface area contributed by atoms with Gasteiger partial charge in [0, 0.05) is 13.1 Å². The first-order valence-electron chi connectivity index (χ1n) is 7.52. The van der Waals surface area contributed by atoms with Crippen LogP contribution in [-0.4, -0.2) is 48.1 Å². The molecule has 23 heavy (non-hydrogen) atoms. The van der Waals surface area contributed by atoms with Gasteiger partial charge in [-0.3, -0.25) is 13.4 Å². The van der Waals surface area contributed by atoms with Gasteiger partial charge in [-0.15, -0.1) is 10.8 Å². The SMILES string of the molecule is CCNc1cc(C(=O)OC)cc(N2CCCCS2(O)O)c1OC. The molecule has 0 bridgehead atoms. The average molecular weight is 344 g/mol. The van der Waals surface area contributed by atoms with Crippen LogP contribution in [-0.2, 0) is 4.74 Å². The second-order valence-corrected chi connectivity index (χ2v) is 7.36. The Labute approximate surface area is 138 Å². The van der Waals surface area contributed by atoms with Gasteiger partial charge in [-0.05, 0) is 31.9 Å². The fourth-order valence-corrected chi connectivity index (χ4v) is 4.34. The molecule has 0 aliphatic carbocycles. The Morgan fingerprint density at radius 2 is 2.09 bits per heavy atom. The molecular weight excluding hydrogens is 320 g/mol. The fourth-order valence-electron chi connectivity index (χ4n) is 2.66. The van der Waals surface area contributed by atoms with Gasteiger partial charge in [-0.1, -0.05) is 0 Å². The zero-order chi connectivity index (χ0) is 17.0. The molecule has 1 saturated heterocycles. The van der Waals surface area contributed by atoms with Gasteiger partial charge in [-0.25, -0.2) is 4.79 Å². The van der Waals surface area contributed by atoms with E-state index >= 15 is 0 Å². The predicted octanol–water partition coefficient (Wildman–Crippen LogP) is 3.18. The zero-order valence-corrected chi connectivity index (χ0v) is 14.5. The number of benzene rings is 1. The van der Waals surface area contributed by atoms with E-state index in [1.54, 1.807) is 16.4 Å². The first-order chi connectivity index (χ1) is 10.9. The smallest absolute Gasteiger partial charge is 0.338 e. The number of carbonyl (C=O) groups excluding carboxylic acids is 1. The molecule has 8 heteroatoms. The molecule has 0 aromatic heterocycles. The van der Waals surface area contributed by atoms with Crippen LogP contribution >= 0.6 is 10.8 Å². The van der Waals surface area contributed by atoms with Crippen molar-refractivity contribution in [2.75, 3.05) is 42.7 Å². The van der Waals surface area contributed by atoms with Crippen molar-refractivity contribution in [1.29, 1.82) is 0 Å². The summed E-state index contributed by atoms with van der Waals surface area (Å²) in [5.74, 6) is 0.317. The Kier molecular flexibility index (Phi) is 5.61. The van der Waals surface area contributed by atoms with Crippen LogP contribution in [0.15, 0.2) is 12.1 Å². The number of nitrogens with one attached hydrogen (secondary N) is 1. The molecular formula is C15H24N2O5S. The highest BCUT2D eigenvalue weighted by Gasteiger charge is 2.31. The van der Waals surface area contributed by atoms with Gasteiger partial charge in [0.25, 0.3) is 0 Å². The molecule has 130 valence electrons. The van der Waals surface area contributed by atoms with E-state index in [0.29, 0.717) is 41.5 Å². The number of rotatable bonds is 5. The molecule has 1 aromatic carbocycles. The van der Waals surface area contributed by atoms with E-state index < -0.39 is 16.7 Å². The van der Waals surface area contributed by atoms with Gasteiger partial charge in [0.2, 0.25) is 0 Å². The fraction of sp³-hybridized carbons (Fsp3) is 0.533. The maximum absolute atomic E-state index is 11.9. The van der Waals surface area contributed by atoms with E-state index in [2.05, 4.69) is 5.32 Å². The minimum atomic E-state index is -2.92. The molecule has 0 spiro atoms. The van der Waals surface area contributed by atoms with Crippen molar-refractivity contribution in [3.05, 3.63) is 17.7 Å². The first kappa shape index (κ1) is 17.7. The van der Waals surface area contributed by atoms with Crippen molar-refractivity contribution in [2.24, 2.45) is 0 Å². The summed E-state index contributed by atoms with van der Waals surface area (Å²) in [6.07, 6.45) is 1.61. The molecule has 3 N–H and O–H groups in total. The van der Waals surface area contributed by atoms with E-state index in [4.69, 9.17) is 9.47 Å². The lowest BCUT2D eigenvalue weighted by molar-refractivity contribution is 0.0600. The summed E-state index contributed by atoms with van der Waals surface area (Å²) >= 11 is 0. The molecule has 7 nitrogen and oxygen atoms in total. The minimum absolute atomic E-state index is 0.315. The quantitative estimate of drug-likeness (QED) is 0.707. The second kappa shape index (κ2) is 7.29. The van der Waals surface area contributed by atoms with Crippen LogP contribution in [0.3, 0.4) is 0 Å². The van der Waals surface area contributed by atoms with Crippen LogP contribution in [0.2, 0.25) is 0 Å². The Morgan fingerprint density at radius 3 is 2.65 bits per heavy atom. The molecule has 0 saturated carbocycles. The molecule has 1 aromatic rings. The standard InChI is InChI=1S/C15H24N2O5S/c1-4-16-12-9-11(15(18)22-3)10-13(14(12)21-2)17-7-5-6-8-23(17,19)20/h9-10,16,19-20H,4-8H2,1-3H3. The Hall–Kier alpha value is -1.64. The van der Waals surface area contributed by atoms with E-state index in [1.165, 1.54) is 14.2 Å². The average Bonchev–Trinajstić information content (AvgIpc) is 2.53. The lowest BCUT2D eigenvalue weighted by Gasteiger charge is -2.47. The molecule has 2 rings (SSSR count).